The van der Waals surface area contributed by atoms with Crippen LogP contribution in [0.3, 0.4) is 0 Å². The van der Waals surface area contributed by atoms with Crippen LogP contribution >= 0.6 is 0 Å². The second-order valence-corrected chi connectivity index (χ2v) is 4.98. The van der Waals surface area contributed by atoms with Crippen LogP contribution in [0.5, 0.6) is 5.75 Å². The quantitative estimate of drug-likeness (QED) is 0.694. The van der Waals surface area contributed by atoms with Crippen LogP contribution in [0, 0.1) is 0 Å². The van der Waals surface area contributed by atoms with Crippen molar-refractivity contribution in [1.29, 1.82) is 0 Å². The summed E-state index contributed by atoms with van der Waals surface area (Å²) in [7, 11) is 0. The summed E-state index contributed by atoms with van der Waals surface area (Å²) in [6, 6.07) is 7.60. The maximum absolute atomic E-state index is 12.0. The molecule has 2 heterocycles. The molecule has 2 aromatic rings. The fourth-order valence-corrected chi connectivity index (χ4v) is 2.24. The number of hydrogen-bond donors (Lipinski definition) is 0. The first-order valence-corrected chi connectivity index (χ1v) is 5.67. The van der Waals surface area contributed by atoms with Gasteiger partial charge >= 0.3 is 0 Å². The van der Waals surface area contributed by atoms with Crippen LogP contribution in [0.2, 0.25) is 0 Å². The Morgan fingerprint density at radius 3 is 2.94 bits per heavy atom. The van der Waals surface area contributed by atoms with Crippen LogP contribution in [-0.4, -0.2) is 16.4 Å². The van der Waals surface area contributed by atoms with Crippen molar-refractivity contribution in [1.82, 2.24) is 4.98 Å². The minimum atomic E-state index is -0.449. The minimum absolute atomic E-state index is 0.129. The SMILES string of the molecule is CC1(C)CC(=O)c2ccc3cccnc3c2O1. The largest absolute Gasteiger partial charge is 0.484 e. The highest BCUT2D eigenvalue weighted by Gasteiger charge is 2.33. The molecule has 1 aromatic carbocycles. The van der Waals surface area contributed by atoms with Gasteiger partial charge in [-0.15, -0.1) is 0 Å². The predicted molar refractivity (Wildman–Crippen MR) is 65.4 cm³/mol. The van der Waals surface area contributed by atoms with E-state index in [0.717, 1.165) is 10.9 Å². The molecule has 0 atom stereocenters. The third kappa shape index (κ3) is 1.58. The van der Waals surface area contributed by atoms with Crippen LogP contribution in [0.1, 0.15) is 30.6 Å². The van der Waals surface area contributed by atoms with Crippen LogP contribution in [0.15, 0.2) is 30.5 Å². The number of aromatic nitrogens is 1. The maximum Gasteiger partial charge on any atom is 0.170 e. The number of pyridine rings is 1. The lowest BCUT2D eigenvalue weighted by Gasteiger charge is -2.31. The molecule has 86 valence electrons. The topological polar surface area (TPSA) is 39.2 Å². The summed E-state index contributed by atoms with van der Waals surface area (Å²) in [5, 5.41) is 0.997. The Labute approximate surface area is 99.4 Å². The molecule has 0 amide bonds. The van der Waals surface area contributed by atoms with Crippen molar-refractivity contribution in [3.63, 3.8) is 0 Å². The first-order chi connectivity index (χ1) is 8.07. The van der Waals surface area contributed by atoms with E-state index >= 15 is 0 Å². The third-order valence-corrected chi connectivity index (χ3v) is 2.99. The highest BCUT2D eigenvalue weighted by atomic mass is 16.5. The zero-order valence-corrected chi connectivity index (χ0v) is 9.86. The van der Waals surface area contributed by atoms with E-state index in [-0.39, 0.29) is 5.78 Å². The lowest BCUT2D eigenvalue weighted by atomic mass is 9.92. The number of fused-ring (bicyclic) bond motifs is 3. The number of carbonyl (C=O) groups excluding carboxylic acids is 1. The Balaban J connectivity index is 2.32. The summed E-state index contributed by atoms with van der Waals surface area (Å²) in [6.07, 6.45) is 2.14. The van der Waals surface area contributed by atoms with Gasteiger partial charge in [0.15, 0.2) is 11.5 Å². The molecule has 3 heteroatoms. The summed E-state index contributed by atoms with van der Waals surface area (Å²) in [4.78, 5) is 16.4. The number of benzene rings is 1. The molecular weight excluding hydrogens is 214 g/mol. The Morgan fingerprint density at radius 2 is 2.12 bits per heavy atom. The van der Waals surface area contributed by atoms with E-state index in [1.54, 1.807) is 6.20 Å². The van der Waals surface area contributed by atoms with E-state index in [0.29, 0.717) is 17.7 Å². The monoisotopic (exact) mass is 227 g/mol. The zero-order valence-electron chi connectivity index (χ0n) is 9.86. The molecule has 17 heavy (non-hydrogen) atoms. The van der Waals surface area contributed by atoms with Crippen molar-refractivity contribution in [3.05, 3.63) is 36.0 Å². The predicted octanol–water partition coefficient (Wildman–Crippen LogP) is 2.98. The molecule has 1 aromatic heterocycles. The van der Waals surface area contributed by atoms with Gasteiger partial charge in [-0.05, 0) is 26.0 Å². The normalized spacial score (nSPS) is 17.6. The summed E-state index contributed by atoms with van der Waals surface area (Å²) >= 11 is 0. The van der Waals surface area contributed by atoms with Gasteiger partial charge in [0.25, 0.3) is 0 Å². The van der Waals surface area contributed by atoms with Gasteiger partial charge in [0, 0.05) is 11.6 Å². The Bertz CT molecular complexity index is 617. The van der Waals surface area contributed by atoms with Crippen molar-refractivity contribution >= 4 is 16.7 Å². The number of carbonyl (C=O) groups is 1. The maximum atomic E-state index is 12.0. The van der Waals surface area contributed by atoms with Crippen molar-refractivity contribution in [2.24, 2.45) is 0 Å². The van der Waals surface area contributed by atoms with E-state index in [1.807, 2.05) is 38.1 Å². The van der Waals surface area contributed by atoms with Crippen LogP contribution in [0.4, 0.5) is 0 Å². The van der Waals surface area contributed by atoms with Crippen molar-refractivity contribution in [3.8, 4) is 5.75 Å². The van der Waals surface area contributed by atoms with Gasteiger partial charge in [-0.1, -0.05) is 12.1 Å². The Hall–Kier alpha value is -1.90. The van der Waals surface area contributed by atoms with E-state index in [2.05, 4.69) is 4.98 Å². The lowest BCUT2D eigenvalue weighted by molar-refractivity contribution is 0.0628. The van der Waals surface area contributed by atoms with Gasteiger partial charge in [-0.3, -0.25) is 9.78 Å². The van der Waals surface area contributed by atoms with E-state index in [4.69, 9.17) is 4.74 Å². The summed E-state index contributed by atoms with van der Waals surface area (Å²) < 4.78 is 5.92. The van der Waals surface area contributed by atoms with Crippen molar-refractivity contribution in [2.45, 2.75) is 25.9 Å². The van der Waals surface area contributed by atoms with Gasteiger partial charge in [0.05, 0.1) is 12.0 Å². The minimum Gasteiger partial charge on any atom is -0.484 e. The number of nitrogens with zero attached hydrogens (tertiary/aromatic N) is 1. The Kier molecular flexibility index (Phi) is 1.99. The Morgan fingerprint density at radius 1 is 1.29 bits per heavy atom. The van der Waals surface area contributed by atoms with Crippen LogP contribution < -0.4 is 4.74 Å². The molecule has 1 aliphatic rings. The molecule has 0 N–H and O–H groups in total. The second-order valence-electron chi connectivity index (χ2n) is 4.98. The lowest BCUT2D eigenvalue weighted by Crippen LogP contribution is -2.36. The molecule has 0 aliphatic carbocycles. The zero-order chi connectivity index (χ0) is 12.0. The van der Waals surface area contributed by atoms with Gasteiger partial charge < -0.3 is 4.74 Å². The highest BCUT2D eigenvalue weighted by molar-refractivity contribution is 6.05. The summed E-state index contributed by atoms with van der Waals surface area (Å²) in [5.41, 5.74) is 0.970. The number of rotatable bonds is 0. The summed E-state index contributed by atoms with van der Waals surface area (Å²) in [5.74, 6) is 0.758. The molecule has 0 saturated carbocycles. The van der Waals surface area contributed by atoms with Crippen LogP contribution in [-0.2, 0) is 0 Å². The molecule has 0 unspecified atom stereocenters. The molecule has 3 nitrogen and oxygen atoms in total. The van der Waals surface area contributed by atoms with E-state index in [9.17, 15) is 4.79 Å². The fraction of sp³-hybridized carbons (Fsp3) is 0.286. The number of Topliss-reactive ketones (excluding diaryl/α,β-unsaturated/α-hetero) is 1. The van der Waals surface area contributed by atoms with Crippen LogP contribution in [0.25, 0.3) is 10.9 Å². The molecule has 0 saturated heterocycles. The number of hydrogen-bond acceptors (Lipinski definition) is 3. The third-order valence-electron chi connectivity index (χ3n) is 2.99. The van der Waals surface area contributed by atoms with Crippen molar-refractivity contribution in [2.75, 3.05) is 0 Å². The van der Waals surface area contributed by atoms with Gasteiger partial charge in [0.2, 0.25) is 0 Å². The first kappa shape index (κ1) is 10.3. The molecular formula is C14H13NO2. The van der Waals surface area contributed by atoms with Gasteiger partial charge in [0.1, 0.15) is 11.1 Å². The average molecular weight is 227 g/mol. The fourth-order valence-electron chi connectivity index (χ4n) is 2.24. The standard InChI is InChI=1S/C14H13NO2/c1-14(2)8-11(16)10-6-5-9-4-3-7-15-12(9)13(10)17-14/h3-7H,8H2,1-2H3. The van der Waals surface area contributed by atoms with Crippen molar-refractivity contribution < 1.29 is 9.53 Å². The molecule has 0 radical (unpaired) electrons. The smallest absolute Gasteiger partial charge is 0.170 e. The van der Waals surface area contributed by atoms with Gasteiger partial charge in [-0.2, -0.15) is 0 Å². The van der Waals surface area contributed by atoms with E-state index in [1.165, 1.54) is 0 Å². The molecule has 0 fully saturated rings. The van der Waals surface area contributed by atoms with Gasteiger partial charge in [-0.25, -0.2) is 0 Å². The molecule has 1 aliphatic heterocycles. The highest BCUT2D eigenvalue weighted by Crippen LogP contribution is 2.37. The summed E-state index contributed by atoms with van der Waals surface area (Å²) in [6.45, 7) is 3.85. The second kappa shape index (κ2) is 3.29. The molecule has 0 spiro atoms. The van der Waals surface area contributed by atoms with E-state index < -0.39 is 5.60 Å². The average Bonchev–Trinajstić information content (AvgIpc) is 2.27. The number of ketones is 1. The first-order valence-electron chi connectivity index (χ1n) is 5.67. The molecule has 3 rings (SSSR count). The number of ether oxygens (including phenoxy) is 1. The molecule has 0 bridgehead atoms.